The third kappa shape index (κ3) is 3.95. The van der Waals surface area contributed by atoms with Crippen molar-refractivity contribution in [1.82, 2.24) is 9.80 Å². The number of likely N-dealkylation sites (tertiary alicyclic amines) is 1. The molecule has 142 valence electrons. The van der Waals surface area contributed by atoms with Gasteiger partial charge in [0.25, 0.3) is 0 Å². The molecule has 0 aliphatic carbocycles. The van der Waals surface area contributed by atoms with Crippen LogP contribution >= 0.6 is 0 Å². The number of fused-ring (bicyclic) bond motifs is 1. The summed E-state index contributed by atoms with van der Waals surface area (Å²) in [5, 5.41) is 0. The highest BCUT2D eigenvalue weighted by molar-refractivity contribution is 5.79. The second kappa shape index (κ2) is 8.07. The molecule has 1 amide bonds. The predicted molar refractivity (Wildman–Crippen MR) is 102 cm³/mol. The number of ether oxygens (including phenoxy) is 1. The summed E-state index contributed by atoms with van der Waals surface area (Å²) in [5.41, 5.74) is 9.03. The fourth-order valence-corrected chi connectivity index (χ4v) is 4.75. The summed E-state index contributed by atoms with van der Waals surface area (Å²) in [6, 6.07) is 9.21. The highest BCUT2D eigenvalue weighted by Gasteiger charge is 2.34. The second-order valence-electron chi connectivity index (χ2n) is 8.11. The molecule has 5 heteroatoms. The molecule has 0 unspecified atom stereocenters. The average Bonchev–Trinajstić information content (AvgIpc) is 2.89. The Kier molecular flexibility index (Phi) is 5.57. The zero-order chi connectivity index (χ0) is 17.9. The lowest BCUT2D eigenvalue weighted by Crippen LogP contribution is -2.48. The van der Waals surface area contributed by atoms with Crippen LogP contribution in [0.4, 0.5) is 0 Å². The highest BCUT2D eigenvalue weighted by Crippen LogP contribution is 2.26. The predicted octanol–water partition coefficient (Wildman–Crippen LogP) is 1.79. The monoisotopic (exact) mass is 357 g/mol. The van der Waals surface area contributed by atoms with Crippen molar-refractivity contribution in [2.24, 2.45) is 11.7 Å². The summed E-state index contributed by atoms with van der Waals surface area (Å²) < 4.78 is 5.52. The number of nitrogens with zero attached hydrogens (tertiary/aromatic N) is 2. The summed E-state index contributed by atoms with van der Waals surface area (Å²) >= 11 is 0. The molecule has 4 rings (SSSR count). The van der Waals surface area contributed by atoms with Gasteiger partial charge in [0.1, 0.15) is 0 Å². The minimum absolute atomic E-state index is 0.0802. The van der Waals surface area contributed by atoms with Crippen LogP contribution in [-0.2, 0) is 22.5 Å². The van der Waals surface area contributed by atoms with Gasteiger partial charge < -0.3 is 15.4 Å². The Bertz CT molecular complexity index is 629. The zero-order valence-corrected chi connectivity index (χ0v) is 15.6. The Morgan fingerprint density at radius 3 is 2.62 bits per heavy atom. The van der Waals surface area contributed by atoms with Gasteiger partial charge in [0, 0.05) is 51.5 Å². The molecular formula is C21H31N3O2. The summed E-state index contributed by atoms with van der Waals surface area (Å²) in [6.07, 6.45) is 4.95. The molecule has 3 aliphatic rings. The quantitative estimate of drug-likeness (QED) is 0.877. The van der Waals surface area contributed by atoms with Crippen molar-refractivity contribution in [3.63, 3.8) is 0 Å². The van der Waals surface area contributed by atoms with Crippen LogP contribution in [0.1, 0.15) is 36.8 Å². The lowest BCUT2D eigenvalue weighted by molar-refractivity contribution is -0.137. The lowest BCUT2D eigenvalue weighted by atomic mass is 9.96. The zero-order valence-electron chi connectivity index (χ0n) is 15.6. The van der Waals surface area contributed by atoms with Gasteiger partial charge in [0.2, 0.25) is 5.91 Å². The topological polar surface area (TPSA) is 58.8 Å². The Morgan fingerprint density at radius 1 is 1.04 bits per heavy atom. The van der Waals surface area contributed by atoms with Crippen molar-refractivity contribution in [1.29, 1.82) is 0 Å². The Labute approximate surface area is 156 Å². The lowest BCUT2D eigenvalue weighted by Gasteiger charge is -2.37. The van der Waals surface area contributed by atoms with Crippen molar-refractivity contribution in [2.75, 3.05) is 32.8 Å². The van der Waals surface area contributed by atoms with Gasteiger partial charge in [-0.3, -0.25) is 9.69 Å². The van der Waals surface area contributed by atoms with Crippen LogP contribution in [0.25, 0.3) is 0 Å². The van der Waals surface area contributed by atoms with E-state index in [1.807, 2.05) is 0 Å². The third-order valence-corrected chi connectivity index (χ3v) is 6.31. The van der Waals surface area contributed by atoms with E-state index in [4.69, 9.17) is 10.5 Å². The van der Waals surface area contributed by atoms with Crippen LogP contribution in [0.15, 0.2) is 24.3 Å². The SMILES string of the molecule is N[C@H]1CC[C@@H](C(=O)N2CCc3ccccc3C2)CN(C2CCOCC2)C1. The summed E-state index contributed by atoms with van der Waals surface area (Å²) in [6.45, 7) is 5.03. The summed E-state index contributed by atoms with van der Waals surface area (Å²) in [7, 11) is 0. The largest absolute Gasteiger partial charge is 0.381 e. The molecule has 0 aromatic heterocycles. The second-order valence-corrected chi connectivity index (χ2v) is 8.11. The minimum atomic E-state index is 0.0802. The molecule has 26 heavy (non-hydrogen) atoms. The van der Waals surface area contributed by atoms with E-state index in [1.54, 1.807) is 0 Å². The van der Waals surface area contributed by atoms with E-state index in [9.17, 15) is 4.79 Å². The van der Waals surface area contributed by atoms with Crippen molar-refractivity contribution < 1.29 is 9.53 Å². The number of rotatable bonds is 2. The van der Waals surface area contributed by atoms with Crippen LogP contribution in [0.3, 0.4) is 0 Å². The van der Waals surface area contributed by atoms with E-state index >= 15 is 0 Å². The molecule has 0 saturated carbocycles. The number of hydrogen-bond acceptors (Lipinski definition) is 4. The first-order valence-corrected chi connectivity index (χ1v) is 10.1. The molecular weight excluding hydrogens is 326 g/mol. The van der Waals surface area contributed by atoms with Crippen molar-refractivity contribution in [2.45, 2.75) is 50.7 Å². The number of benzene rings is 1. The first kappa shape index (κ1) is 18.0. The molecule has 1 aromatic rings. The molecule has 2 saturated heterocycles. The molecule has 5 nitrogen and oxygen atoms in total. The van der Waals surface area contributed by atoms with Crippen LogP contribution in [-0.4, -0.2) is 60.6 Å². The molecule has 0 bridgehead atoms. The normalized spacial score (nSPS) is 28.4. The van der Waals surface area contributed by atoms with Crippen LogP contribution in [0, 0.1) is 5.92 Å². The maximum atomic E-state index is 13.3. The number of amides is 1. The Hall–Kier alpha value is -1.43. The molecule has 0 radical (unpaired) electrons. The molecule has 3 heterocycles. The number of nitrogens with two attached hydrogens (primary N) is 1. The van der Waals surface area contributed by atoms with Gasteiger partial charge >= 0.3 is 0 Å². The molecule has 0 spiro atoms. The van der Waals surface area contributed by atoms with Gasteiger partial charge in [-0.05, 0) is 43.2 Å². The Balaban J connectivity index is 1.44. The van der Waals surface area contributed by atoms with Gasteiger partial charge in [-0.2, -0.15) is 0 Å². The maximum absolute atomic E-state index is 13.3. The first-order chi connectivity index (χ1) is 12.7. The molecule has 2 atom stereocenters. The third-order valence-electron chi connectivity index (χ3n) is 6.31. The van der Waals surface area contributed by atoms with E-state index in [0.717, 1.165) is 71.5 Å². The average molecular weight is 357 g/mol. The van der Waals surface area contributed by atoms with Gasteiger partial charge in [0.15, 0.2) is 0 Å². The summed E-state index contributed by atoms with van der Waals surface area (Å²) in [5.74, 6) is 0.405. The van der Waals surface area contributed by atoms with Crippen molar-refractivity contribution in [3.05, 3.63) is 35.4 Å². The van der Waals surface area contributed by atoms with E-state index < -0.39 is 0 Å². The highest BCUT2D eigenvalue weighted by atomic mass is 16.5. The summed E-state index contributed by atoms with van der Waals surface area (Å²) in [4.78, 5) is 17.8. The minimum Gasteiger partial charge on any atom is -0.381 e. The van der Waals surface area contributed by atoms with E-state index in [1.165, 1.54) is 11.1 Å². The maximum Gasteiger partial charge on any atom is 0.227 e. The fourth-order valence-electron chi connectivity index (χ4n) is 4.75. The molecule has 3 aliphatic heterocycles. The Morgan fingerprint density at radius 2 is 1.81 bits per heavy atom. The number of carbonyl (C=O) groups is 1. The van der Waals surface area contributed by atoms with Gasteiger partial charge in [-0.15, -0.1) is 0 Å². The van der Waals surface area contributed by atoms with Gasteiger partial charge in [0.05, 0.1) is 5.92 Å². The first-order valence-electron chi connectivity index (χ1n) is 10.1. The fraction of sp³-hybridized carbons (Fsp3) is 0.667. The molecule has 2 fully saturated rings. The van der Waals surface area contributed by atoms with Crippen molar-refractivity contribution in [3.8, 4) is 0 Å². The van der Waals surface area contributed by atoms with Gasteiger partial charge in [-0.25, -0.2) is 0 Å². The van der Waals surface area contributed by atoms with Crippen molar-refractivity contribution >= 4 is 5.91 Å². The number of hydrogen-bond donors (Lipinski definition) is 1. The molecule has 2 N–H and O–H groups in total. The van der Waals surface area contributed by atoms with Crippen LogP contribution in [0.5, 0.6) is 0 Å². The number of carbonyl (C=O) groups excluding carboxylic acids is 1. The van der Waals surface area contributed by atoms with E-state index in [-0.39, 0.29) is 12.0 Å². The molecule has 1 aromatic carbocycles. The smallest absolute Gasteiger partial charge is 0.227 e. The van der Waals surface area contributed by atoms with E-state index in [0.29, 0.717) is 11.9 Å². The van der Waals surface area contributed by atoms with Crippen LogP contribution in [0.2, 0.25) is 0 Å². The van der Waals surface area contributed by atoms with Gasteiger partial charge in [-0.1, -0.05) is 24.3 Å². The standard InChI is InChI=1S/C21H31N3O2/c22-19-6-5-18(14-24(15-19)20-8-11-26-12-9-20)21(25)23-10-7-16-3-1-2-4-17(16)13-23/h1-4,18-20H,5-15,22H2/t18-,19+/m1/s1. The van der Waals surface area contributed by atoms with Crippen LogP contribution < -0.4 is 5.73 Å². The van der Waals surface area contributed by atoms with E-state index in [2.05, 4.69) is 34.1 Å².